The molecule has 2 heterocycles. The van der Waals surface area contributed by atoms with E-state index in [0.29, 0.717) is 18.1 Å². The third-order valence-electron chi connectivity index (χ3n) is 5.75. The molecule has 1 aliphatic heterocycles. The minimum absolute atomic E-state index is 0.0790. The molecule has 1 saturated heterocycles. The zero-order chi connectivity index (χ0) is 24.2. The van der Waals surface area contributed by atoms with E-state index in [-0.39, 0.29) is 17.9 Å². The van der Waals surface area contributed by atoms with Crippen LogP contribution in [0.2, 0.25) is 0 Å². The second-order valence-electron chi connectivity index (χ2n) is 8.88. The third-order valence-corrected chi connectivity index (χ3v) is 5.75. The summed E-state index contributed by atoms with van der Waals surface area (Å²) in [5.41, 5.74) is 2.93. The van der Waals surface area contributed by atoms with Crippen LogP contribution < -0.4 is 4.74 Å². The van der Waals surface area contributed by atoms with Crippen LogP contribution in [-0.4, -0.2) is 33.3 Å². The van der Waals surface area contributed by atoms with E-state index in [9.17, 15) is 14.7 Å². The van der Waals surface area contributed by atoms with Crippen LogP contribution in [0, 0.1) is 12.8 Å². The Bertz CT molecular complexity index is 1220. The highest BCUT2D eigenvalue weighted by atomic mass is 16.5. The Morgan fingerprint density at radius 2 is 1.85 bits per heavy atom. The lowest BCUT2D eigenvalue weighted by atomic mass is 9.94. The fourth-order valence-electron chi connectivity index (χ4n) is 4.08. The summed E-state index contributed by atoms with van der Waals surface area (Å²) in [5.74, 6) is -0.434. The van der Waals surface area contributed by atoms with Crippen molar-refractivity contribution in [3.05, 3.63) is 101 Å². The molecule has 1 aliphatic rings. The molecule has 0 saturated carbocycles. The summed E-state index contributed by atoms with van der Waals surface area (Å²) in [5, 5.41) is 11.3. The fraction of sp³-hybridized carbons (Fsp3) is 0.250. The Morgan fingerprint density at radius 1 is 1.09 bits per heavy atom. The van der Waals surface area contributed by atoms with Crippen molar-refractivity contribution in [3.8, 4) is 5.75 Å². The van der Waals surface area contributed by atoms with Gasteiger partial charge in [0, 0.05) is 24.5 Å². The zero-order valence-electron chi connectivity index (χ0n) is 19.6. The van der Waals surface area contributed by atoms with Gasteiger partial charge in [0.2, 0.25) is 0 Å². The maximum Gasteiger partial charge on any atom is 0.295 e. The number of nitrogens with zero attached hydrogens (tertiary/aromatic N) is 2. The van der Waals surface area contributed by atoms with Gasteiger partial charge in [-0.1, -0.05) is 50.2 Å². The van der Waals surface area contributed by atoms with Gasteiger partial charge in [-0.25, -0.2) is 0 Å². The quantitative estimate of drug-likeness (QED) is 0.306. The molecule has 174 valence electrons. The number of benzene rings is 2. The van der Waals surface area contributed by atoms with Gasteiger partial charge in [-0.2, -0.15) is 0 Å². The number of aliphatic hydroxyl groups excluding tert-OH is 1. The van der Waals surface area contributed by atoms with Gasteiger partial charge in [0.05, 0.1) is 18.2 Å². The number of aryl methyl sites for hydroxylation is 1. The number of amides is 1. The lowest BCUT2D eigenvalue weighted by Crippen LogP contribution is -2.29. The minimum atomic E-state index is -0.710. The number of aromatic nitrogens is 1. The molecule has 2 aromatic carbocycles. The van der Waals surface area contributed by atoms with Crippen molar-refractivity contribution in [1.29, 1.82) is 0 Å². The SMILES string of the molecule is Cc1cc(C(O)=C2C(=O)C(=O)N(Cc3cccnc3)[C@@H]2c2ccccc2)ccc1OCC(C)C. The topological polar surface area (TPSA) is 79.7 Å². The first-order valence-corrected chi connectivity index (χ1v) is 11.3. The Balaban J connectivity index is 1.77. The average Bonchev–Trinajstić information content (AvgIpc) is 3.09. The predicted molar refractivity (Wildman–Crippen MR) is 130 cm³/mol. The van der Waals surface area contributed by atoms with Crippen LogP contribution in [0.15, 0.2) is 78.6 Å². The van der Waals surface area contributed by atoms with Crippen LogP contribution in [0.1, 0.15) is 42.1 Å². The highest BCUT2D eigenvalue weighted by molar-refractivity contribution is 6.46. The molecular weight excluding hydrogens is 428 g/mol. The minimum Gasteiger partial charge on any atom is -0.507 e. The van der Waals surface area contributed by atoms with Gasteiger partial charge >= 0.3 is 0 Å². The zero-order valence-corrected chi connectivity index (χ0v) is 19.6. The Kier molecular flexibility index (Phi) is 6.77. The summed E-state index contributed by atoms with van der Waals surface area (Å²) in [7, 11) is 0. The number of carbonyl (C=O) groups excluding carboxylic acids is 2. The molecule has 34 heavy (non-hydrogen) atoms. The number of pyridine rings is 1. The molecular formula is C28H28N2O4. The molecule has 0 unspecified atom stereocenters. The first-order chi connectivity index (χ1) is 16.4. The van der Waals surface area contributed by atoms with Crippen LogP contribution in [0.4, 0.5) is 0 Å². The van der Waals surface area contributed by atoms with Gasteiger partial charge in [0.25, 0.3) is 11.7 Å². The van der Waals surface area contributed by atoms with Crippen molar-refractivity contribution in [2.24, 2.45) is 5.92 Å². The molecule has 0 bridgehead atoms. The van der Waals surface area contributed by atoms with Crippen molar-refractivity contribution in [2.75, 3.05) is 6.61 Å². The molecule has 6 nitrogen and oxygen atoms in total. The molecule has 1 atom stereocenters. The molecule has 0 radical (unpaired) electrons. The van der Waals surface area contributed by atoms with E-state index in [1.54, 1.807) is 36.7 Å². The van der Waals surface area contributed by atoms with Gasteiger partial charge in [-0.3, -0.25) is 14.6 Å². The normalized spacial score (nSPS) is 17.4. The van der Waals surface area contributed by atoms with Crippen LogP contribution >= 0.6 is 0 Å². The van der Waals surface area contributed by atoms with Crippen LogP contribution in [0.5, 0.6) is 5.75 Å². The van der Waals surface area contributed by atoms with E-state index in [1.165, 1.54) is 4.90 Å². The molecule has 0 aliphatic carbocycles. The largest absolute Gasteiger partial charge is 0.507 e. The lowest BCUT2D eigenvalue weighted by molar-refractivity contribution is -0.140. The second kappa shape index (κ2) is 9.91. The van der Waals surface area contributed by atoms with Gasteiger partial charge < -0.3 is 14.7 Å². The molecule has 1 aromatic heterocycles. The number of ketones is 1. The first-order valence-electron chi connectivity index (χ1n) is 11.3. The van der Waals surface area contributed by atoms with Crippen molar-refractivity contribution in [3.63, 3.8) is 0 Å². The van der Waals surface area contributed by atoms with E-state index >= 15 is 0 Å². The fourth-order valence-corrected chi connectivity index (χ4v) is 4.08. The number of hydrogen-bond donors (Lipinski definition) is 1. The molecule has 1 fully saturated rings. The highest BCUT2D eigenvalue weighted by Crippen LogP contribution is 2.40. The molecule has 1 amide bonds. The summed E-state index contributed by atoms with van der Waals surface area (Å²) < 4.78 is 5.84. The Morgan fingerprint density at radius 3 is 2.50 bits per heavy atom. The van der Waals surface area contributed by atoms with Crippen molar-refractivity contribution < 1.29 is 19.4 Å². The second-order valence-corrected chi connectivity index (χ2v) is 8.88. The predicted octanol–water partition coefficient (Wildman–Crippen LogP) is 5.05. The maximum absolute atomic E-state index is 13.2. The van der Waals surface area contributed by atoms with Crippen molar-refractivity contribution in [1.82, 2.24) is 9.88 Å². The number of carbonyl (C=O) groups is 2. The standard InChI is InChI=1S/C28H28N2O4/c1-18(2)17-34-23-12-11-22(14-19(23)3)26(31)24-25(21-9-5-4-6-10-21)30(28(33)27(24)32)16-20-8-7-13-29-15-20/h4-15,18,25,31H,16-17H2,1-3H3/t25-/m1/s1. The summed E-state index contributed by atoms with van der Waals surface area (Å²) in [4.78, 5) is 31.9. The van der Waals surface area contributed by atoms with Gasteiger partial charge in [0.1, 0.15) is 11.5 Å². The number of likely N-dealkylation sites (tertiary alicyclic amines) is 1. The molecule has 3 aromatic rings. The van der Waals surface area contributed by atoms with Crippen molar-refractivity contribution in [2.45, 2.75) is 33.4 Å². The van der Waals surface area contributed by atoms with Gasteiger partial charge in [-0.15, -0.1) is 0 Å². The number of Topliss-reactive ketones (excluding diaryl/α,β-unsaturated/α-hetero) is 1. The van der Waals surface area contributed by atoms with Crippen molar-refractivity contribution >= 4 is 17.4 Å². The smallest absolute Gasteiger partial charge is 0.295 e. The summed E-state index contributed by atoms with van der Waals surface area (Å²) in [6.45, 7) is 6.82. The Hall–Kier alpha value is -3.93. The number of aliphatic hydroxyl groups is 1. The van der Waals surface area contributed by atoms with E-state index in [4.69, 9.17) is 4.74 Å². The van der Waals surface area contributed by atoms with Crippen LogP contribution in [0.25, 0.3) is 5.76 Å². The highest BCUT2D eigenvalue weighted by Gasteiger charge is 2.46. The third kappa shape index (κ3) is 4.71. The molecule has 6 heteroatoms. The van der Waals surface area contributed by atoms with E-state index in [0.717, 1.165) is 22.4 Å². The molecule has 0 spiro atoms. The average molecular weight is 457 g/mol. The Labute approximate surface area is 199 Å². The van der Waals surface area contributed by atoms with E-state index < -0.39 is 17.7 Å². The number of ether oxygens (including phenoxy) is 1. The summed E-state index contributed by atoms with van der Waals surface area (Å²) >= 11 is 0. The van der Waals surface area contributed by atoms with Gasteiger partial charge in [0.15, 0.2) is 0 Å². The first kappa shape index (κ1) is 23.2. The van der Waals surface area contributed by atoms with E-state index in [2.05, 4.69) is 18.8 Å². The van der Waals surface area contributed by atoms with Crippen LogP contribution in [-0.2, 0) is 16.1 Å². The van der Waals surface area contributed by atoms with Crippen LogP contribution in [0.3, 0.4) is 0 Å². The number of rotatable bonds is 7. The molecule has 4 rings (SSSR count). The maximum atomic E-state index is 13.2. The number of hydrogen-bond acceptors (Lipinski definition) is 5. The lowest BCUT2D eigenvalue weighted by Gasteiger charge is -2.25. The summed E-state index contributed by atoms with van der Waals surface area (Å²) in [6, 6.07) is 17.5. The summed E-state index contributed by atoms with van der Waals surface area (Å²) in [6.07, 6.45) is 3.32. The van der Waals surface area contributed by atoms with E-state index in [1.807, 2.05) is 43.3 Å². The van der Waals surface area contributed by atoms with Gasteiger partial charge in [-0.05, 0) is 53.8 Å². The molecule has 1 N–H and O–H groups in total. The monoisotopic (exact) mass is 456 g/mol.